The van der Waals surface area contributed by atoms with E-state index in [1.807, 2.05) is 18.2 Å². The zero-order valence-corrected chi connectivity index (χ0v) is 10.5. The van der Waals surface area contributed by atoms with E-state index in [0.29, 0.717) is 12.1 Å². The molecule has 15 heavy (non-hydrogen) atoms. The van der Waals surface area contributed by atoms with Crippen LogP contribution in [0.15, 0.2) is 24.3 Å². The van der Waals surface area contributed by atoms with Crippen LogP contribution in [0.5, 0.6) is 0 Å². The molecule has 1 aromatic carbocycles. The number of halogens is 1. The van der Waals surface area contributed by atoms with Crippen LogP contribution in [-0.4, -0.2) is 6.04 Å². The van der Waals surface area contributed by atoms with Crippen molar-refractivity contribution in [3.8, 4) is 0 Å². The molecule has 0 aliphatic heterocycles. The third kappa shape index (κ3) is 3.51. The van der Waals surface area contributed by atoms with E-state index >= 15 is 0 Å². The summed E-state index contributed by atoms with van der Waals surface area (Å²) in [7, 11) is 0. The highest BCUT2D eigenvalue weighted by Gasteiger charge is 2.12. The molecular weight excluding hydrogens is 206 g/mol. The Hall–Kier alpha value is -0.530. The first-order valence-electron chi connectivity index (χ1n) is 5.69. The van der Waals surface area contributed by atoms with Gasteiger partial charge in [-0.05, 0) is 31.4 Å². The van der Waals surface area contributed by atoms with Crippen LogP contribution in [0.2, 0.25) is 5.02 Å². The molecule has 0 fully saturated rings. The van der Waals surface area contributed by atoms with E-state index in [9.17, 15) is 0 Å². The van der Waals surface area contributed by atoms with Gasteiger partial charge in [-0.3, -0.25) is 0 Å². The summed E-state index contributed by atoms with van der Waals surface area (Å²) >= 11 is 6.15. The molecule has 0 aliphatic rings. The van der Waals surface area contributed by atoms with Gasteiger partial charge in [-0.25, -0.2) is 0 Å². The van der Waals surface area contributed by atoms with Crippen LogP contribution < -0.4 is 5.32 Å². The first-order chi connectivity index (χ1) is 7.19. The maximum atomic E-state index is 6.15. The summed E-state index contributed by atoms with van der Waals surface area (Å²) in [5.74, 6) is 0. The van der Waals surface area contributed by atoms with Crippen LogP contribution in [0.3, 0.4) is 0 Å². The van der Waals surface area contributed by atoms with E-state index in [1.54, 1.807) is 0 Å². The molecule has 0 aromatic heterocycles. The van der Waals surface area contributed by atoms with Crippen molar-refractivity contribution in [2.45, 2.75) is 45.7 Å². The highest BCUT2D eigenvalue weighted by molar-refractivity contribution is 6.31. The molecule has 1 N–H and O–H groups in total. The van der Waals surface area contributed by atoms with Crippen LogP contribution >= 0.6 is 11.6 Å². The maximum absolute atomic E-state index is 6.15. The Kier molecular flexibility index (Phi) is 5.13. The minimum Gasteiger partial charge on any atom is -0.307 e. The van der Waals surface area contributed by atoms with Crippen LogP contribution in [0.1, 0.15) is 45.2 Å². The second-order valence-electron chi connectivity index (χ2n) is 3.92. The van der Waals surface area contributed by atoms with E-state index in [0.717, 1.165) is 17.9 Å². The van der Waals surface area contributed by atoms with E-state index in [-0.39, 0.29) is 0 Å². The summed E-state index contributed by atoms with van der Waals surface area (Å²) in [6.45, 7) is 6.58. The molecule has 1 nitrogen and oxygen atoms in total. The van der Waals surface area contributed by atoms with Gasteiger partial charge in [0, 0.05) is 17.1 Å². The van der Waals surface area contributed by atoms with E-state index < -0.39 is 0 Å². The summed E-state index contributed by atoms with van der Waals surface area (Å²) in [4.78, 5) is 0. The highest BCUT2D eigenvalue weighted by Crippen LogP contribution is 2.22. The van der Waals surface area contributed by atoms with Crippen molar-refractivity contribution in [1.29, 1.82) is 0 Å². The Morgan fingerprint density at radius 1 is 1.20 bits per heavy atom. The standard InChI is InChI=1S/C13H20ClN/c1-4-11(5-2)15-10(3)12-8-6-7-9-13(12)14/h6-11,15H,4-5H2,1-3H3/t10-/m0/s1. The fourth-order valence-electron chi connectivity index (χ4n) is 1.79. The van der Waals surface area contributed by atoms with Crippen molar-refractivity contribution in [3.63, 3.8) is 0 Å². The van der Waals surface area contributed by atoms with Gasteiger partial charge in [-0.15, -0.1) is 0 Å². The summed E-state index contributed by atoms with van der Waals surface area (Å²) in [5, 5.41) is 4.44. The molecule has 0 unspecified atom stereocenters. The molecule has 84 valence electrons. The number of hydrogen-bond acceptors (Lipinski definition) is 1. The lowest BCUT2D eigenvalue weighted by Gasteiger charge is -2.22. The van der Waals surface area contributed by atoms with Gasteiger partial charge in [0.15, 0.2) is 0 Å². The Morgan fingerprint density at radius 2 is 1.80 bits per heavy atom. The smallest absolute Gasteiger partial charge is 0.0453 e. The average Bonchev–Trinajstić information content (AvgIpc) is 2.26. The van der Waals surface area contributed by atoms with Crippen molar-refractivity contribution < 1.29 is 0 Å². The van der Waals surface area contributed by atoms with Crippen LogP contribution in [0.25, 0.3) is 0 Å². The second-order valence-corrected chi connectivity index (χ2v) is 4.33. The number of rotatable bonds is 5. The Morgan fingerprint density at radius 3 is 2.33 bits per heavy atom. The van der Waals surface area contributed by atoms with Gasteiger partial charge in [0.25, 0.3) is 0 Å². The molecule has 0 saturated heterocycles. The fourth-order valence-corrected chi connectivity index (χ4v) is 2.09. The van der Waals surface area contributed by atoms with Crippen LogP contribution in [-0.2, 0) is 0 Å². The van der Waals surface area contributed by atoms with Gasteiger partial charge in [0.1, 0.15) is 0 Å². The van der Waals surface area contributed by atoms with Crippen LogP contribution in [0.4, 0.5) is 0 Å². The minimum absolute atomic E-state index is 0.323. The number of benzene rings is 1. The van der Waals surface area contributed by atoms with Crippen molar-refractivity contribution in [2.24, 2.45) is 0 Å². The lowest BCUT2D eigenvalue weighted by molar-refractivity contribution is 0.432. The van der Waals surface area contributed by atoms with Gasteiger partial charge in [-0.2, -0.15) is 0 Å². The zero-order valence-electron chi connectivity index (χ0n) is 9.76. The second kappa shape index (κ2) is 6.14. The highest BCUT2D eigenvalue weighted by atomic mass is 35.5. The molecule has 1 atom stereocenters. The molecule has 0 bridgehead atoms. The van der Waals surface area contributed by atoms with Crippen molar-refractivity contribution in [2.75, 3.05) is 0 Å². The molecule has 0 radical (unpaired) electrons. The Balaban J connectivity index is 2.68. The maximum Gasteiger partial charge on any atom is 0.0453 e. The lowest BCUT2D eigenvalue weighted by Crippen LogP contribution is -2.30. The molecule has 1 rings (SSSR count). The molecule has 0 spiro atoms. The fraction of sp³-hybridized carbons (Fsp3) is 0.538. The zero-order chi connectivity index (χ0) is 11.3. The molecule has 0 amide bonds. The largest absolute Gasteiger partial charge is 0.307 e. The van der Waals surface area contributed by atoms with E-state index in [1.165, 1.54) is 5.56 Å². The molecule has 0 aliphatic carbocycles. The SMILES string of the molecule is CCC(CC)N[C@@H](C)c1ccccc1Cl. The van der Waals surface area contributed by atoms with Gasteiger partial charge < -0.3 is 5.32 Å². The van der Waals surface area contributed by atoms with Crippen molar-refractivity contribution >= 4 is 11.6 Å². The topological polar surface area (TPSA) is 12.0 Å². The lowest BCUT2D eigenvalue weighted by atomic mass is 10.1. The van der Waals surface area contributed by atoms with E-state index in [4.69, 9.17) is 11.6 Å². The van der Waals surface area contributed by atoms with Crippen molar-refractivity contribution in [1.82, 2.24) is 5.32 Å². The van der Waals surface area contributed by atoms with Gasteiger partial charge in [-0.1, -0.05) is 43.6 Å². The Labute approximate surface area is 97.8 Å². The quantitative estimate of drug-likeness (QED) is 0.793. The van der Waals surface area contributed by atoms with Crippen molar-refractivity contribution in [3.05, 3.63) is 34.9 Å². The summed E-state index contributed by atoms with van der Waals surface area (Å²) in [5.41, 5.74) is 1.19. The molecule has 1 aromatic rings. The summed E-state index contributed by atoms with van der Waals surface area (Å²) < 4.78 is 0. The number of hydrogen-bond donors (Lipinski definition) is 1. The number of nitrogens with one attached hydrogen (secondary N) is 1. The predicted molar refractivity (Wildman–Crippen MR) is 67.4 cm³/mol. The average molecular weight is 226 g/mol. The third-order valence-corrected chi connectivity index (χ3v) is 3.19. The first kappa shape index (κ1) is 12.5. The molecular formula is C13H20ClN. The normalized spacial score (nSPS) is 13.1. The monoisotopic (exact) mass is 225 g/mol. The Bertz CT molecular complexity index is 294. The van der Waals surface area contributed by atoms with E-state index in [2.05, 4.69) is 32.2 Å². The molecule has 2 heteroatoms. The summed E-state index contributed by atoms with van der Waals surface area (Å²) in [6.07, 6.45) is 2.32. The van der Waals surface area contributed by atoms with Gasteiger partial charge in [0.05, 0.1) is 0 Å². The minimum atomic E-state index is 0.323. The molecule has 0 saturated carbocycles. The van der Waals surface area contributed by atoms with Gasteiger partial charge in [0.2, 0.25) is 0 Å². The van der Waals surface area contributed by atoms with Gasteiger partial charge >= 0.3 is 0 Å². The summed E-state index contributed by atoms with van der Waals surface area (Å²) in [6, 6.07) is 8.94. The van der Waals surface area contributed by atoms with Crippen LogP contribution in [0, 0.1) is 0 Å². The predicted octanol–water partition coefficient (Wildman–Crippen LogP) is 4.18. The first-order valence-corrected chi connectivity index (χ1v) is 6.07. The molecule has 0 heterocycles. The third-order valence-electron chi connectivity index (χ3n) is 2.84.